The van der Waals surface area contributed by atoms with Crippen LogP contribution in [0.5, 0.6) is 0 Å². The van der Waals surface area contributed by atoms with Crippen LogP contribution in [-0.2, 0) is 25.4 Å². The summed E-state index contributed by atoms with van der Waals surface area (Å²) in [5, 5.41) is 17.4. The van der Waals surface area contributed by atoms with Gasteiger partial charge in [-0.1, -0.05) is 25.0 Å². The predicted octanol–water partition coefficient (Wildman–Crippen LogP) is 6.40. The van der Waals surface area contributed by atoms with Gasteiger partial charge in [0, 0.05) is 12.3 Å². The van der Waals surface area contributed by atoms with Gasteiger partial charge in [-0.3, -0.25) is 4.79 Å². The third-order valence-electron chi connectivity index (χ3n) is 6.86. The molecule has 1 fully saturated rings. The summed E-state index contributed by atoms with van der Waals surface area (Å²) < 4.78 is 102. The average Bonchev–Trinajstić information content (AvgIpc) is 3.46. The molecule has 1 atom stereocenters. The fraction of sp³-hybridized carbons (Fsp3) is 0.552. The van der Waals surface area contributed by atoms with Crippen molar-refractivity contribution in [1.82, 2.24) is 20.2 Å². The number of aliphatic carboxylic acids is 2. The highest BCUT2D eigenvalue weighted by Gasteiger charge is 2.39. The second-order valence-corrected chi connectivity index (χ2v) is 10.8. The van der Waals surface area contributed by atoms with E-state index in [1.807, 2.05) is 7.05 Å². The molecule has 1 saturated heterocycles. The van der Waals surface area contributed by atoms with Crippen molar-refractivity contribution in [1.29, 1.82) is 0 Å². The van der Waals surface area contributed by atoms with Crippen LogP contribution in [-0.4, -0.2) is 81.2 Å². The van der Waals surface area contributed by atoms with E-state index in [9.17, 15) is 49.1 Å². The number of Topliss-reactive ketones (excluding diaryl/α,β-unsaturated/α-hetero) is 1. The van der Waals surface area contributed by atoms with Gasteiger partial charge in [-0.2, -0.15) is 39.5 Å². The Balaban J connectivity index is 0.000000687. The zero-order valence-corrected chi connectivity index (χ0v) is 25.7. The molecular weight excluding hydrogens is 671 g/mol. The highest BCUT2D eigenvalue weighted by molar-refractivity contribution is 5.79. The number of carbonyl (C=O) groups excluding carboxylic acids is 2. The van der Waals surface area contributed by atoms with E-state index in [4.69, 9.17) is 19.8 Å². The van der Waals surface area contributed by atoms with Gasteiger partial charge < -0.3 is 30.2 Å². The summed E-state index contributed by atoms with van der Waals surface area (Å²) in [6.07, 6.45) is -7.65. The number of ketones is 1. The maximum Gasteiger partial charge on any atom is 0.490 e. The molecule has 4 N–H and O–H groups in total. The average molecular weight is 707 g/mol. The van der Waals surface area contributed by atoms with Gasteiger partial charge in [0.1, 0.15) is 11.6 Å². The number of amides is 1. The summed E-state index contributed by atoms with van der Waals surface area (Å²) in [5.41, 5.74) is 0.484. The molecule has 10 nitrogen and oxygen atoms in total. The smallest absolute Gasteiger partial charge is 0.475 e. The minimum Gasteiger partial charge on any atom is -0.475 e. The molecule has 1 aromatic carbocycles. The third-order valence-corrected chi connectivity index (χ3v) is 6.86. The van der Waals surface area contributed by atoms with Gasteiger partial charge in [-0.25, -0.2) is 14.6 Å². The number of aromatic amines is 1. The summed E-state index contributed by atoms with van der Waals surface area (Å²) >= 11 is 0. The van der Waals surface area contributed by atoms with Crippen LogP contribution in [0.25, 0.3) is 11.3 Å². The van der Waals surface area contributed by atoms with Crippen molar-refractivity contribution in [2.24, 2.45) is 5.92 Å². The maximum atomic E-state index is 13.0. The van der Waals surface area contributed by atoms with Crippen LogP contribution in [0.1, 0.15) is 69.3 Å². The number of carbonyl (C=O) groups is 4. The molecule has 0 bridgehead atoms. The molecule has 0 saturated carbocycles. The number of carboxylic acids is 2. The van der Waals surface area contributed by atoms with E-state index in [0.717, 1.165) is 57.3 Å². The van der Waals surface area contributed by atoms with Crippen LogP contribution in [0.3, 0.4) is 0 Å². The number of H-pyrrole nitrogens is 1. The molecule has 270 valence electrons. The first-order valence-electron chi connectivity index (χ1n) is 14.3. The Labute approximate surface area is 268 Å². The number of nitrogens with zero attached hydrogens (tertiary/aromatic N) is 2. The first-order chi connectivity index (χ1) is 22.0. The number of halogens is 9. The molecular formula is C29H35F9N4O6. The van der Waals surface area contributed by atoms with E-state index < -0.39 is 36.0 Å². The zero-order valence-electron chi connectivity index (χ0n) is 25.7. The Hall–Kier alpha value is -4.16. The van der Waals surface area contributed by atoms with Crippen LogP contribution >= 0.6 is 0 Å². The molecule has 2 aromatic rings. The molecule has 1 amide bonds. The molecule has 0 aliphatic carbocycles. The molecule has 19 heteroatoms. The van der Waals surface area contributed by atoms with Gasteiger partial charge in [0.25, 0.3) is 0 Å². The minimum atomic E-state index is -5.08. The van der Waals surface area contributed by atoms with E-state index in [2.05, 4.69) is 20.2 Å². The number of likely N-dealkylation sites (tertiary alicyclic amines) is 1. The molecule has 0 unspecified atom stereocenters. The second kappa shape index (κ2) is 18.4. The largest absolute Gasteiger partial charge is 0.490 e. The van der Waals surface area contributed by atoms with Gasteiger partial charge in [0.15, 0.2) is 0 Å². The number of aromatic nitrogens is 2. The van der Waals surface area contributed by atoms with Crippen molar-refractivity contribution in [2.45, 2.75) is 76.4 Å². The Kier molecular flexibility index (Phi) is 16.0. The fourth-order valence-corrected chi connectivity index (χ4v) is 4.24. The number of carboxylic acid groups (broad SMARTS) is 2. The number of benzene rings is 1. The van der Waals surface area contributed by atoms with E-state index in [1.54, 1.807) is 13.1 Å². The van der Waals surface area contributed by atoms with Crippen molar-refractivity contribution < 1.29 is 68.9 Å². The quantitative estimate of drug-likeness (QED) is 0.164. The van der Waals surface area contributed by atoms with Crippen LogP contribution in [0, 0.1) is 5.92 Å². The molecule has 1 aliphatic heterocycles. The van der Waals surface area contributed by atoms with Gasteiger partial charge in [0.2, 0.25) is 5.91 Å². The first-order valence-corrected chi connectivity index (χ1v) is 14.3. The van der Waals surface area contributed by atoms with Crippen LogP contribution in [0.2, 0.25) is 0 Å². The minimum absolute atomic E-state index is 0.00863. The normalized spacial score (nSPS) is 14.9. The van der Waals surface area contributed by atoms with Gasteiger partial charge in [-0.05, 0) is 70.4 Å². The number of rotatable bonds is 10. The SMILES string of the molecule is CC(=O)CCCCC[C@H](NC(=O)C1CCN(C)CC1)c1ncc(-c2ccc(C(F)(F)F)cc2)[nH]1.O=C(O)C(F)(F)F.O=C(O)C(F)(F)F. The molecule has 0 spiro atoms. The monoisotopic (exact) mass is 706 g/mol. The van der Waals surface area contributed by atoms with E-state index in [1.165, 1.54) is 12.1 Å². The van der Waals surface area contributed by atoms with E-state index >= 15 is 0 Å². The van der Waals surface area contributed by atoms with Crippen LogP contribution in [0.15, 0.2) is 30.5 Å². The van der Waals surface area contributed by atoms with E-state index in [0.29, 0.717) is 29.9 Å². The molecule has 48 heavy (non-hydrogen) atoms. The highest BCUT2D eigenvalue weighted by Crippen LogP contribution is 2.31. The number of hydrogen-bond acceptors (Lipinski definition) is 6. The number of piperidine rings is 1. The zero-order chi connectivity index (χ0) is 36.9. The van der Waals surface area contributed by atoms with Gasteiger partial charge >= 0.3 is 30.5 Å². The summed E-state index contributed by atoms with van der Waals surface area (Å²) in [5.74, 6) is -4.79. The summed E-state index contributed by atoms with van der Waals surface area (Å²) in [7, 11) is 2.05. The lowest BCUT2D eigenvalue weighted by atomic mass is 9.95. The summed E-state index contributed by atoms with van der Waals surface area (Å²) in [4.78, 5) is 51.8. The third kappa shape index (κ3) is 15.6. The molecule has 2 heterocycles. The van der Waals surface area contributed by atoms with Crippen molar-refractivity contribution in [3.05, 3.63) is 41.9 Å². The second-order valence-electron chi connectivity index (χ2n) is 10.8. The number of nitrogens with one attached hydrogen (secondary N) is 2. The lowest BCUT2D eigenvalue weighted by molar-refractivity contribution is -0.193. The lowest BCUT2D eigenvalue weighted by Crippen LogP contribution is -2.40. The van der Waals surface area contributed by atoms with Crippen LogP contribution < -0.4 is 5.32 Å². The number of imidazole rings is 1. The van der Waals surface area contributed by atoms with Crippen molar-refractivity contribution in [3.63, 3.8) is 0 Å². The standard InChI is InChI=1S/C25H33F3N4O2.2C2HF3O2/c1-17(33)6-4-3-5-7-21(31-24(34)19-12-14-32(2)15-13-19)23-29-16-22(30-23)18-8-10-20(11-9-18)25(26,27)28;2*3-2(4,5)1(6)7/h8-11,16,19,21H,3-7,12-15H2,1-2H3,(H,29,30)(H,31,34);2*(H,6,7)/t21-;;/m0../s1. The maximum absolute atomic E-state index is 13.0. The van der Waals surface area contributed by atoms with Crippen LogP contribution in [0.4, 0.5) is 39.5 Å². The molecule has 1 aliphatic rings. The van der Waals surface area contributed by atoms with Gasteiger partial charge in [0.05, 0.1) is 23.5 Å². The van der Waals surface area contributed by atoms with E-state index in [-0.39, 0.29) is 23.7 Å². The number of unbranched alkanes of at least 4 members (excludes halogenated alkanes) is 2. The van der Waals surface area contributed by atoms with Crippen molar-refractivity contribution in [2.75, 3.05) is 20.1 Å². The van der Waals surface area contributed by atoms with Crippen molar-refractivity contribution in [3.8, 4) is 11.3 Å². The first kappa shape index (κ1) is 41.9. The summed E-state index contributed by atoms with van der Waals surface area (Å²) in [6.45, 7) is 3.34. The topological polar surface area (TPSA) is 153 Å². The molecule has 0 radical (unpaired) electrons. The van der Waals surface area contributed by atoms with Crippen molar-refractivity contribution >= 4 is 23.6 Å². The number of hydrogen-bond donors (Lipinski definition) is 4. The lowest BCUT2D eigenvalue weighted by Gasteiger charge is -2.29. The Morgan fingerprint density at radius 3 is 1.83 bits per heavy atom. The fourth-order valence-electron chi connectivity index (χ4n) is 4.24. The highest BCUT2D eigenvalue weighted by atomic mass is 19.4. The van der Waals surface area contributed by atoms with Gasteiger partial charge in [-0.15, -0.1) is 0 Å². The molecule has 1 aromatic heterocycles. The Bertz CT molecular complexity index is 1310. The molecule has 3 rings (SSSR count). The Morgan fingerprint density at radius 1 is 0.896 bits per heavy atom. The Morgan fingerprint density at radius 2 is 1.40 bits per heavy atom. The summed E-state index contributed by atoms with van der Waals surface area (Å²) in [6, 6.07) is 4.59. The number of alkyl halides is 9. The predicted molar refractivity (Wildman–Crippen MR) is 151 cm³/mol.